The van der Waals surface area contributed by atoms with E-state index in [1.165, 1.54) is 0 Å². The number of carboxylic acid groups (broad SMARTS) is 1. The molecule has 0 aliphatic rings. The molecule has 9 heteroatoms. The van der Waals surface area contributed by atoms with Crippen molar-refractivity contribution in [3.8, 4) is 28.1 Å². The van der Waals surface area contributed by atoms with Gasteiger partial charge in [0.05, 0.1) is 11.2 Å². The SMILES string of the molecule is O=C(O)CCCNC(=O)c1nc(-c2cccnc2)c2c(cc(-c3ccccc3)c(=O)n2CCc2ccccc2)c1O. The van der Waals surface area contributed by atoms with Gasteiger partial charge >= 0.3 is 5.97 Å². The van der Waals surface area contributed by atoms with Gasteiger partial charge in [-0.1, -0.05) is 60.7 Å². The van der Waals surface area contributed by atoms with Crippen molar-refractivity contribution in [1.29, 1.82) is 0 Å². The molecule has 3 aromatic heterocycles. The number of nitrogens with one attached hydrogen (secondary N) is 1. The lowest BCUT2D eigenvalue weighted by molar-refractivity contribution is -0.137. The number of hydrogen-bond acceptors (Lipinski definition) is 6. The average Bonchev–Trinajstić information content (AvgIpc) is 3.00. The van der Waals surface area contributed by atoms with E-state index >= 15 is 0 Å². The highest BCUT2D eigenvalue weighted by molar-refractivity contribution is 6.05. The third kappa shape index (κ3) is 5.99. The summed E-state index contributed by atoms with van der Waals surface area (Å²) >= 11 is 0. The molecule has 0 bridgehead atoms. The van der Waals surface area contributed by atoms with E-state index in [0.29, 0.717) is 46.3 Å². The van der Waals surface area contributed by atoms with Gasteiger partial charge in [-0.25, -0.2) is 4.98 Å². The van der Waals surface area contributed by atoms with Gasteiger partial charge in [0.2, 0.25) is 0 Å². The Hall–Kier alpha value is -5.31. The summed E-state index contributed by atoms with van der Waals surface area (Å²) in [5, 5.41) is 23.3. The average molecular weight is 549 g/mol. The molecule has 9 nitrogen and oxygen atoms in total. The number of nitrogens with zero attached hydrogens (tertiary/aromatic N) is 3. The fraction of sp³-hybridized carbons (Fsp3) is 0.156. The predicted octanol–water partition coefficient (Wildman–Crippen LogP) is 4.67. The Morgan fingerprint density at radius 3 is 2.32 bits per heavy atom. The smallest absolute Gasteiger partial charge is 0.303 e. The normalized spacial score (nSPS) is 10.9. The molecule has 5 aromatic rings. The molecule has 0 aliphatic heterocycles. The van der Waals surface area contributed by atoms with Gasteiger partial charge in [0.15, 0.2) is 11.4 Å². The number of fused-ring (bicyclic) bond motifs is 1. The van der Waals surface area contributed by atoms with E-state index in [-0.39, 0.29) is 36.4 Å². The molecule has 1 amide bonds. The molecule has 0 fully saturated rings. The molecule has 0 saturated carbocycles. The highest BCUT2D eigenvalue weighted by Gasteiger charge is 2.24. The molecule has 0 aliphatic carbocycles. The summed E-state index contributed by atoms with van der Waals surface area (Å²) in [4.78, 5) is 46.9. The fourth-order valence-electron chi connectivity index (χ4n) is 4.76. The lowest BCUT2D eigenvalue weighted by Gasteiger charge is -2.19. The number of amides is 1. The minimum absolute atomic E-state index is 0.0956. The summed E-state index contributed by atoms with van der Waals surface area (Å²) in [5.74, 6) is -1.98. The van der Waals surface area contributed by atoms with Crippen molar-refractivity contribution >= 4 is 22.8 Å². The van der Waals surface area contributed by atoms with Crippen LogP contribution in [0.15, 0.2) is 96.1 Å². The van der Waals surface area contributed by atoms with E-state index in [0.717, 1.165) is 5.56 Å². The van der Waals surface area contributed by atoms with E-state index in [9.17, 15) is 19.5 Å². The monoisotopic (exact) mass is 548 g/mol. The number of carbonyl (C=O) groups excluding carboxylic acids is 1. The minimum Gasteiger partial charge on any atom is -0.505 e. The topological polar surface area (TPSA) is 134 Å². The zero-order valence-corrected chi connectivity index (χ0v) is 22.2. The molecule has 3 N–H and O–H groups in total. The Morgan fingerprint density at radius 1 is 0.927 bits per heavy atom. The highest BCUT2D eigenvalue weighted by atomic mass is 16.4. The first-order valence-corrected chi connectivity index (χ1v) is 13.2. The maximum absolute atomic E-state index is 14.1. The van der Waals surface area contributed by atoms with Crippen molar-refractivity contribution in [2.45, 2.75) is 25.8 Å². The predicted molar refractivity (Wildman–Crippen MR) is 156 cm³/mol. The maximum atomic E-state index is 14.1. The van der Waals surface area contributed by atoms with Crippen molar-refractivity contribution < 1.29 is 19.8 Å². The van der Waals surface area contributed by atoms with Crippen LogP contribution in [-0.4, -0.2) is 43.2 Å². The Bertz CT molecular complexity index is 1750. The minimum atomic E-state index is -0.966. The van der Waals surface area contributed by atoms with Crippen LogP contribution in [0.2, 0.25) is 0 Å². The van der Waals surface area contributed by atoms with Crippen molar-refractivity contribution in [1.82, 2.24) is 19.9 Å². The molecule has 0 unspecified atom stereocenters. The number of aryl methyl sites for hydroxylation is 2. The quantitative estimate of drug-likeness (QED) is 0.216. The molecule has 2 aromatic carbocycles. The summed E-state index contributed by atoms with van der Waals surface area (Å²) < 4.78 is 1.61. The van der Waals surface area contributed by atoms with Gasteiger partial charge in [-0.3, -0.25) is 19.4 Å². The van der Waals surface area contributed by atoms with Crippen molar-refractivity contribution in [2.75, 3.05) is 6.54 Å². The Kier molecular flexibility index (Phi) is 8.15. The molecule has 206 valence electrons. The zero-order chi connectivity index (χ0) is 28.8. The first kappa shape index (κ1) is 27.3. The van der Waals surface area contributed by atoms with Crippen LogP contribution in [0.4, 0.5) is 0 Å². The molecule has 0 saturated heterocycles. The van der Waals surface area contributed by atoms with Gasteiger partial charge in [-0.15, -0.1) is 0 Å². The number of pyridine rings is 3. The number of carbonyl (C=O) groups is 2. The molecule has 0 atom stereocenters. The van der Waals surface area contributed by atoms with E-state index in [2.05, 4.69) is 15.3 Å². The first-order valence-electron chi connectivity index (χ1n) is 13.2. The van der Waals surface area contributed by atoms with Crippen LogP contribution in [0.1, 0.15) is 28.9 Å². The fourth-order valence-corrected chi connectivity index (χ4v) is 4.76. The highest BCUT2D eigenvalue weighted by Crippen LogP contribution is 2.36. The summed E-state index contributed by atoms with van der Waals surface area (Å²) in [7, 11) is 0. The number of rotatable bonds is 10. The Labute approximate surface area is 235 Å². The van der Waals surface area contributed by atoms with Crippen molar-refractivity contribution in [3.05, 3.63) is 113 Å². The number of aromatic hydroxyl groups is 1. The van der Waals surface area contributed by atoms with E-state index in [4.69, 9.17) is 5.11 Å². The largest absolute Gasteiger partial charge is 0.505 e. The summed E-state index contributed by atoms with van der Waals surface area (Å²) in [6.07, 6.45) is 3.87. The number of benzene rings is 2. The van der Waals surface area contributed by atoms with Gasteiger partial charge in [0, 0.05) is 48.4 Å². The number of aliphatic carboxylic acids is 1. The van der Waals surface area contributed by atoms with Crippen LogP contribution in [-0.2, 0) is 17.8 Å². The second kappa shape index (κ2) is 12.3. The standard InChI is InChI=1S/C32H28N4O5/c37-26(38)14-8-17-34-31(40)28-30(39)25-19-24(22-11-5-2-6-12-22)32(41)36(18-15-21-9-3-1-4-10-21)29(25)27(35-28)23-13-7-16-33-20-23/h1-7,9-13,16,19-20,39H,8,14-15,17-18H2,(H,34,40)(H,37,38). The van der Waals surface area contributed by atoms with Gasteiger partial charge < -0.3 is 20.1 Å². The Morgan fingerprint density at radius 2 is 1.63 bits per heavy atom. The molecule has 0 spiro atoms. The summed E-state index contributed by atoms with van der Waals surface area (Å²) in [5.41, 5.74) is 2.89. The van der Waals surface area contributed by atoms with Crippen LogP contribution in [0.5, 0.6) is 5.75 Å². The van der Waals surface area contributed by atoms with Crippen LogP contribution < -0.4 is 10.9 Å². The first-order chi connectivity index (χ1) is 19.9. The third-order valence-corrected chi connectivity index (χ3v) is 6.77. The second-order valence-electron chi connectivity index (χ2n) is 9.53. The van der Waals surface area contributed by atoms with Gasteiger partial charge in [-0.2, -0.15) is 0 Å². The van der Waals surface area contributed by atoms with E-state index in [1.807, 2.05) is 60.7 Å². The van der Waals surface area contributed by atoms with E-state index < -0.39 is 11.9 Å². The third-order valence-electron chi connectivity index (χ3n) is 6.77. The maximum Gasteiger partial charge on any atom is 0.303 e. The van der Waals surface area contributed by atoms with Crippen LogP contribution >= 0.6 is 0 Å². The van der Waals surface area contributed by atoms with Crippen LogP contribution in [0.3, 0.4) is 0 Å². The molecular weight excluding hydrogens is 520 g/mol. The number of hydrogen-bond donors (Lipinski definition) is 3. The summed E-state index contributed by atoms with van der Waals surface area (Å²) in [6, 6.07) is 24.0. The van der Waals surface area contributed by atoms with Gasteiger partial charge in [0.25, 0.3) is 11.5 Å². The molecule has 0 radical (unpaired) electrons. The molecule has 5 rings (SSSR count). The van der Waals surface area contributed by atoms with Crippen molar-refractivity contribution in [3.63, 3.8) is 0 Å². The lowest BCUT2D eigenvalue weighted by Crippen LogP contribution is -2.27. The van der Waals surface area contributed by atoms with Crippen LogP contribution in [0, 0.1) is 0 Å². The van der Waals surface area contributed by atoms with Crippen LogP contribution in [0.25, 0.3) is 33.3 Å². The van der Waals surface area contributed by atoms with Gasteiger partial charge in [-0.05, 0) is 42.2 Å². The number of aromatic nitrogens is 3. The molecule has 41 heavy (non-hydrogen) atoms. The zero-order valence-electron chi connectivity index (χ0n) is 22.2. The lowest BCUT2D eigenvalue weighted by atomic mass is 10.0. The van der Waals surface area contributed by atoms with Gasteiger partial charge in [0.1, 0.15) is 0 Å². The van der Waals surface area contributed by atoms with E-state index in [1.54, 1.807) is 35.2 Å². The Balaban J connectivity index is 1.73. The molecular formula is C32H28N4O5. The van der Waals surface area contributed by atoms with Crippen molar-refractivity contribution in [2.24, 2.45) is 0 Å². The summed E-state index contributed by atoms with van der Waals surface area (Å²) in [6.45, 7) is 0.396. The molecule has 3 heterocycles. The number of carboxylic acids is 1. The second-order valence-corrected chi connectivity index (χ2v) is 9.53.